The van der Waals surface area contributed by atoms with Crippen molar-refractivity contribution in [2.45, 2.75) is 6.92 Å². The van der Waals surface area contributed by atoms with Crippen molar-refractivity contribution in [1.82, 2.24) is 15.6 Å². The zero-order valence-electron chi connectivity index (χ0n) is 13.4. The number of benzene rings is 1. The van der Waals surface area contributed by atoms with E-state index in [1.165, 1.54) is 6.21 Å². The molecule has 3 rings (SSSR count). The van der Waals surface area contributed by atoms with Crippen LogP contribution in [0.25, 0.3) is 17.5 Å². The normalized spacial score (nSPS) is 11.8. The van der Waals surface area contributed by atoms with Crippen molar-refractivity contribution in [2.24, 2.45) is 5.10 Å². The fourth-order valence-corrected chi connectivity index (χ4v) is 2.47. The van der Waals surface area contributed by atoms with Gasteiger partial charge < -0.3 is 4.42 Å². The van der Waals surface area contributed by atoms with E-state index in [0.717, 1.165) is 15.8 Å². The molecule has 0 aliphatic carbocycles. The summed E-state index contributed by atoms with van der Waals surface area (Å²) in [6.07, 6.45) is 3.40. The van der Waals surface area contributed by atoms with Crippen molar-refractivity contribution >= 4 is 34.1 Å². The first-order valence-corrected chi connectivity index (χ1v) is 8.29. The molecule has 126 valence electrons. The van der Waals surface area contributed by atoms with Crippen LogP contribution in [0.4, 0.5) is 0 Å². The Morgan fingerprint density at radius 3 is 2.80 bits per heavy atom. The molecule has 7 heteroatoms. The number of hydrogen-bond donors (Lipinski definition) is 2. The Bertz CT molecular complexity index is 925. The van der Waals surface area contributed by atoms with Crippen molar-refractivity contribution in [2.75, 3.05) is 0 Å². The summed E-state index contributed by atoms with van der Waals surface area (Å²) in [7, 11) is 0. The SMILES string of the molecule is Cc1ccc(-c2cc(C(=O)N/N=C\C(Br)=C\c3ccccc3)n[nH]2)o1. The van der Waals surface area contributed by atoms with E-state index in [2.05, 4.69) is 36.7 Å². The number of hydrogen-bond acceptors (Lipinski definition) is 4. The first kappa shape index (κ1) is 16.9. The van der Waals surface area contributed by atoms with Crippen molar-refractivity contribution in [3.05, 3.63) is 70.0 Å². The number of furan rings is 1. The average Bonchev–Trinajstić information content (AvgIpc) is 3.24. The summed E-state index contributed by atoms with van der Waals surface area (Å²) < 4.78 is 6.21. The third-order valence-corrected chi connectivity index (χ3v) is 3.71. The number of rotatable bonds is 5. The molecular weight excluding hydrogens is 384 g/mol. The summed E-state index contributed by atoms with van der Waals surface area (Å²) in [5, 5.41) is 10.7. The Labute approximate surface area is 152 Å². The summed E-state index contributed by atoms with van der Waals surface area (Å²) in [5.41, 5.74) is 4.32. The van der Waals surface area contributed by atoms with E-state index in [1.54, 1.807) is 6.07 Å². The molecule has 0 aliphatic heterocycles. The molecule has 0 unspecified atom stereocenters. The maximum atomic E-state index is 12.1. The lowest BCUT2D eigenvalue weighted by atomic mass is 10.2. The Kier molecular flexibility index (Phi) is 5.25. The molecule has 3 aromatic rings. The van der Waals surface area contributed by atoms with Crippen LogP contribution < -0.4 is 5.43 Å². The van der Waals surface area contributed by atoms with Gasteiger partial charge in [-0.15, -0.1) is 0 Å². The number of nitrogens with zero attached hydrogens (tertiary/aromatic N) is 2. The van der Waals surface area contributed by atoms with Crippen LogP contribution in [0.1, 0.15) is 21.8 Å². The minimum atomic E-state index is -0.415. The van der Waals surface area contributed by atoms with Crippen LogP contribution in [0.3, 0.4) is 0 Å². The van der Waals surface area contributed by atoms with Gasteiger partial charge in [-0.3, -0.25) is 9.89 Å². The molecule has 6 nitrogen and oxygen atoms in total. The van der Waals surface area contributed by atoms with E-state index < -0.39 is 5.91 Å². The van der Waals surface area contributed by atoms with Crippen LogP contribution in [0.5, 0.6) is 0 Å². The molecule has 2 N–H and O–H groups in total. The number of aromatic amines is 1. The predicted octanol–water partition coefficient (Wildman–Crippen LogP) is 4.13. The summed E-state index contributed by atoms with van der Waals surface area (Å²) in [5.74, 6) is 0.999. The molecule has 0 radical (unpaired) electrons. The molecule has 1 aromatic carbocycles. The van der Waals surface area contributed by atoms with Gasteiger partial charge in [0, 0.05) is 10.5 Å². The van der Waals surface area contributed by atoms with Gasteiger partial charge in [-0.1, -0.05) is 30.3 Å². The van der Waals surface area contributed by atoms with Gasteiger partial charge in [0.2, 0.25) is 0 Å². The second-order valence-corrected chi connectivity index (χ2v) is 6.13. The molecule has 0 spiro atoms. The third kappa shape index (κ3) is 4.54. The number of halogens is 1. The first-order chi connectivity index (χ1) is 12.1. The van der Waals surface area contributed by atoms with Crippen LogP contribution in [-0.4, -0.2) is 22.3 Å². The minimum Gasteiger partial charge on any atom is -0.460 e. The molecule has 2 heterocycles. The number of aryl methyl sites for hydroxylation is 1. The zero-order chi connectivity index (χ0) is 17.6. The maximum Gasteiger partial charge on any atom is 0.291 e. The van der Waals surface area contributed by atoms with Crippen LogP contribution in [0.2, 0.25) is 0 Å². The van der Waals surface area contributed by atoms with Gasteiger partial charge in [0.05, 0.1) is 6.21 Å². The summed E-state index contributed by atoms with van der Waals surface area (Å²) >= 11 is 3.38. The Hall–Kier alpha value is -2.93. The standard InChI is InChI=1S/C18H15BrN4O2/c1-12-7-8-17(25-12)15-10-16(22-21-15)18(24)23-20-11-14(19)9-13-5-3-2-4-6-13/h2-11H,1H3,(H,21,22)(H,23,24)/b14-9-,20-11-. The maximum absolute atomic E-state index is 12.1. The molecule has 0 saturated carbocycles. The summed E-state index contributed by atoms with van der Waals surface area (Å²) in [6.45, 7) is 1.85. The van der Waals surface area contributed by atoms with Crippen LogP contribution >= 0.6 is 15.9 Å². The second-order valence-electron chi connectivity index (χ2n) is 5.22. The van der Waals surface area contributed by atoms with Gasteiger partial charge in [0.25, 0.3) is 5.91 Å². The zero-order valence-corrected chi connectivity index (χ0v) is 14.9. The van der Waals surface area contributed by atoms with Crippen LogP contribution in [-0.2, 0) is 0 Å². The number of nitrogens with one attached hydrogen (secondary N) is 2. The van der Waals surface area contributed by atoms with E-state index in [1.807, 2.05) is 55.5 Å². The topological polar surface area (TPSA) is 83.3 Å². The quantitative estimate of drug-likeness (QED) is 0.500. The molecule has 0 aliphatic rings. The van der Waals surface area contributed by atoms with E-state index in [-0.39, 0.29) is 5.69 Å². The van der Waals surface area contributed by atoms with Gasteiger partial charge in [0.15, 0.2) is 11.5 Å². The summed E-state index contributed by atoms with van der Waals surface area (Å²) in [6, 6.07) is 15.0. The average molecular weight is 399 g/mol. The number of hydrazone groups is 1. The van der Waals surface area contributed by atoms with Gasteiger partial charge in [0.1, 0.15) is 11.5 Å². The lowest BCUT2D eigenvalue weighted by Crippen LogP contribution is -2.17. The molecule has 0 saturated heterocycles. The smallest absolute Gasteiger partial charge is 0.291 e. The number of H-pyrrole nitrogens is 1. The van der Waals surface area contributed by atoms with Gasteiger partial charge in [-0.25, -0.2) is 5.43 Å². The Morgan fingerprint density at radius 1 is 1.28 bits per heavy atom. The van der Waals surface area contributed by atoms with E-state index in [9.17, 15) is 4.79 Å². The number of allylic oxidation sites excluding steroid dienone is 1. The first-order valence-electron chi connectivity index (χ1n) is 7.50. The summed E-state index contributed by atoms with van der Waals surface area (Å²) in [4.78, 5) is 12.1. The monoisotopic (exact) mass is 398 g/mol. The molecule has 0 fully saturated rings. The van der Waals surface area contributed by atoms with E-state index in [4.69, 9.17) is 4.42 Å². The third-order valence-electron chi connectivity index (χ3n) is 3.27. The fraction of sp³-hybridized carbons (Fsp3) is 0.0556. The highest BCUT2D eigenvalue weighted by molar-refractivity contribution is 9.12. The van der Waals surface area contributed by atoms with Crippen molar-refractivity contribution in [1.29, 1.82) is 0 Å². The number of aromatic nitrogens is 2. The van der Waals surface area contributed by atoms with Gasteiger partial charge >= 0.3 is 0 Å². The molecule has 1 amide bonds. The van der Waals surface area contributed by atoms with Gasteiger partial charge in [-0.05, 0) is 46.6 Å². The molecular formula is C18H15BrN4O2. The highest BCUT2D eigenvalue weighted by Crippen LogP contribution is 2.20. The van der Waals surface area contributed by atoms with Crippen LogP contribution in [0, 0.1) is 6.92 Å². The van der Waals surface area contributed by atoms with E-state index >= 15 is 0 Å². The molecule has 25 heavy (non-hydrogen) atoms. The Balaban J connectivity index is 1.61. The molecule has 2 aromatic heterocycles. The minimum absolute atomic E-state index is 0.226. The lowest BCUT2D eigenvalue weighted by Gasteiger charge is -1.95. The Morgan fingerprint density at radius 2 is 2.08 bits per heavy atom. The van der Waals surface area contributed by atoms with Crippen molar-refractivity contribution in [3.63, 3.8) is 0 Å². The largest absolute Gasteiger partial charge is 0.460 e. The highest BCUT2D eigenvalue weighted by atomic mass is 79.9. The predicted molar refractivity (Wildman–Crippen MR) is 100 cm³/mol. The molecule has 0 bridgehead atoms. The number of carbonyl (C=O) groups excluding carboxylic acids is 1. The lowest BCUT2D eigenvalue weighted by molar-refractivity contribution is 0.0950. The highest BCUT2D eigenvalue weighted by Gasteiger charge is 2.12. The van der Waals surface area contributed by atoms with Crippen molar-refractivity contribution < 1.29 is 9.21 Å². The second kappa shape index (κ2) is 7.76. The van der Waals surface area contributed by atoms with Crippen molar-refractivity contribution in [3.8, 4) is 11.5 Å². The van der Waals surface area contributed by atoms with Crippen LogP contribution in [0.15, 0.2) is 62.5 Å². The number of amides is 1. The molecule has 0 atom stereocenters. The fourth-order valence-electron chi connectivity index (χ4n) is 2.10. The van der Waals surface area contributed by atoms with E-state index in [0.29, 0.717) is 11.5 Å². The van der Waals surface area contributed by atoms with Gasteiger partial charge in [-0.2, -0.15) is 10.2 Å². The number of carbonyl (C=O) groups is 1.